The summed E-state index contributed by atoms with van der Waals surface area (Å²) in [6.45, 7) is 7.31. The molecule has 6 rings (SSSR count). The molecule has 5 aromatic rings. The molecule has 0 atom stereocenters. The Morgan fingerprint density at radius 1 is 1.14 bits per heavy atom. The van der Waals surface area contributed by atoms with Crippen molar-refractivity contribution in [2.45, 2.75) is 65.1 Å². The normalized spacial score (nSPS) is 14.0. The standard InChI is InChI=1S/C34H36FN3O5/c1-18-12-22(35)13-19(2)30(18)42-27-11-10-21(34(3,4)40)14-23(27)25-16-38(5)33(39)24-15-28(43-31(24)25)29-26(17-41-6)36-32(37-29)20-8-7-9-20/h10-16,20,40H,7-9,17H2,1-6H3,(H,36,37). The van der Waals surface area contributed by atoms with Crippen LogP contribution in [0, 0.1) is 19.7 Å². The second-order valence-electron chi connectivity index (χ2n) is 12.1. The zero-order chi connectivity index (χ0) is 30.6. The molecule has 1 saturated carbocycles. The van der Waals surface area contributed by atoms with Crippen LogP contribution in [-0.2, 0) is 24.0 Å². The molecule has 43 heavy (non-hydrogen) atoms. The van der Waals surface area contributed by atoms with Crippen LogP contribution in [-0.4, -0.2) is 26.8 Å². The number of imidazole rings is 1. The molecular weight excluding hydrogens is 549 g/mol. The minimum Gasteiger partial charge on any atom is -0.456 e. The number of methoxy groups -OCH3 is 1. The van der Waals surface area contributed by atoms with Crippen molar-refractivity contribution in [3.63, 3.8) is 0 Å². The van der Waals surface area contributed by atoms with Crippen LogP contribution >= 0.6 is 0 Å². The molecule has 8 nitrogen and oxygen atoms in total. The van der Waals surface area contributed by atoms with Gasteiger partial charge in [-0.2, -0.15) is 0 Å². The second kappa shape index (κ2) is 10.8. The lowest BCUT2D eigenvalue weighted by molar-refractivity contribution is 0.0786. The van der Waals surface area contributed by atoms with Crippen molar-refractivity contribution in [1.82, 2.24) is 14.5 Å². The molecule has 0 saturated heterocycles. The third-order valence-corrected chi connectivity index (χ3v) is 8.27. The van der Waals surface area contributed by atoms with E-state index in [2.05, 4.69) is 4.98 Å². The molecule has 1 aliphatic carbocycles. The molecule has 2 aromatic carbocycles. The first-order valence-electron chi connectivity index (χ1n) is 14.5. The fourth-order valence-corrected chi connectivity index (χ4v) is 5.70. The van der Waals surface area contributed by atoms with E-state index in [1.807, 2.05) is 6.07 Å². The number of nitrogens with zero attached hydrogens (tertiary/aromatic N) is 2. The maximum Gasteiger partial charge on any atom is 0.261 e. The van der Waals surface area contributed by atoms with Crippen LogP contribution in [0.5, 0.6) is 11.5 Å². The molecule has 0 aliphatic heterocycles. The van der Waals surface area contributed by atoms with Gasteiger partial charge in [-0.25, -0.2) is 9.37 Å². The number of aromatic amines is 1. The van der Waals surface area contributed by atoms with Gasteiger partial charge in [0.25, 0.3) is 5.56 Å². The number of aromatic nitrogens is 3. The van der Waals surface area contributed by atoms with Gasteiger partial charge in [-0.1, -0.05) is 12.5 Å². The fraction of sp³-hybridized carbons (Fsp3) is 0.353. The molecule has 2 N–H and O–H groups in total. The van der Waals surface area contributed by atoms with E-state index in [0.717, 1.165) is 24.4 Å². The summed E-state index contributed by atoms with van der Waals surface area (Å²) in [4.78, 5) is 21.7. The summed E-state index contributed by atoms with van der Waals surface area (Å²) in [5.74, 6) is 2.40. The van der Waals surface area contributed by atoms with Gasteiger partial charge in [0.15, 0.2) is 5.76 Å². The average Bonchev–Trinajstić information content (AvgIpc) is 3.52. The average molecular weight is 586 g/mol. The van der Waals surface area contributed by atoms with Gasteiger partial charge in [0.2, 0.25) is 0 Å². The molecular formula is C34H36FN3O5. The Balaban J connectivity index is 1.56. The van der Waals surface area contributed by atoms with Crippen molar-refractivity contribution in [2.24, 2.45) is 7.05 Å². The number of aliphatic hydroxyl groups is 1. The van der Waals surface area contributed by atoms with Crippen LogP contribution in [0.3, 0.4) is 0 Å². The fourth-order valence-electron chi connectivity index (χ4n) is 5.70. The largest absolute Gasteiger partial charge is 0.456 e. The number of H-pyrrole nitrogens is 1. The number of benzene rings is 2. The Kier molecular flexibility index (Phi) is 7.26. The van der Waals surface area contributed by atoms with Crippen LogP contribution < -0.4 is 10.3 Å². The molecule has 1 aliphatic rings. The molecule has 9 heteroatoms. The molecule has 0 amide bonds. The molecule has 224 valence electrons. The SMILES string of the molecule is COCc1[nH]c(C2CCC2)nc1-c1cc2c(=O)n(C)cc(-c3cc(C(C)(C)O)ccc3Oc3c(C)cc(F)cc3C)c2o1. The van der Waals surface area contributed by atoms with Crippen molar-refractivity contribution >= 4 is 11.0 Å². The van der Waals surface area contributed by atoms with E-state index in [-0.39, 0.29) is 11.4 Å². The second-order valence-corrected chi connectivity index (χ2v) is 12.1. The highest BCUT2D eigenvalue weighted by Gasteiger charge is 2.28. The minimum absolute atomic E-state index is 0.219. The first-order valence-corrected chi connectivity index (χ1v) is 14.5. The number of halogens is 1. The highest BCUT2D eigenvalue weighted by atomic mass is 19.1. The van der Waals surface area contributed by atoms with Gasteiger partial charge in [0, 0.05) is 37.4 Å². The lowest BCUT2D eigenvalue weighted by Gasteiger charge is -2.22. The Morgan fingerprint density at radius 3 is 2.49 bits per heavy atom. The Labute approximate surface area is 249 Å². The first kappa shape index (κ1) is 28.9. The van der Waals surface area contributed by atoms with Gasteiger partial charge in [-0.15, -0.1) is 0 Å². The minimum atomic E-state index is -1.15. The number of fused-ring (bicyclic) bond motifs is 1. The lowest BCUT2D eigenvalue weighted by Crippen LogP contribution is -2.17. The summed E-state index contributed by atoms with van der Waals surface area (Å²) < 4.78 is 34.0. The first-order chi connectivity index (χ1) is 20.4. The van der Waals surface area contributed by atoms with Gasteiger partial charge in [0.1, 0.15) is 34.4 Å². The summed E-state index contributed by atoms with van der Waals surface area (Å²) >= 11 is 0. The molecule has 0 spiro atoms. The summed E-state index contributed by atoms with van der Waals surface area (Å²) in [5.41, 5.74) is 3.57. The molecule has 0 radical (unpaired) electrons. The van der Waals surface area contributed by atoms with E-state index in [0.29, 0.717) is 74.3 Å². The quantitative estimate of drug-likeness (QED) is 0.197. The van der Waals surface area contributed by atoms with Crippen LogP contribution in [0.25, 0.3) is 33.6 Å². The number of ether oxygens (including phenoxy) is 2. The van der Waals surface area contributed by atoms with Crippen LogP contribution in [0.15, 0.2) is 51.8 Å². The molecule has 3 aromatic heterocycles. The third kappa shape index (κ3) is 5.28. The third-order valence-electron chi connectivity index (χ3n) is 8.27. The molecule has 0 unspecified atom stereocenters. The van der Waals surface area contributed by atoms with Gasteiger partial charge in [-0.3, -0.25) is 4.79 Å². The topological polar surface area (TPSA) is 103 Å². The maximum atomic E-state index is 14.1. The Hall–Kier alpha value is -4.21. The monoisotopic (exact) mass is 585 g/mol. The number of pyridine rings is 1. The number of rotatable bonds is 8. The van der Waals surface area contributed by atoms with Crippen LogP contribution in [0.4, 0.5) is 4.39 Å². The maximum absolute atomic E-state index is 14.1. The van der Waals surface area contributed by atoms with Crippen molar-refractivity contribution in [3.8, 4) is 34.1 Å². The van der Waals surface area contributed by atoms with E-state index in [1.165, 1.54) is 23.1 Å². The van der Waals surface area contributed by atoms with Crippen LogP contribution in [0.1, 0.15) is 67.2 Å². The summed E-state index contributed by atoms with van der Waals surface area (Å²) in [6, 6.07) is 10.00. The van der Waals surface area contributed by atoms with Crippen molar-refractivity contribution < 1.29 is 23.4 Å². The summed E-state index contributed by atoms with van der Waals surface area (Å²) in [6.07, 6.45) is 5.05. The molecule has 0 bridgehead atoms. The number of hydrogen-bond acceptors (Lipinski definition) is 6. The number of aryl methyl sites for hydroxylation is 3. The van der Waals surface area contributed by atoms with E-state index < -0.39 is 5.60 Å². The number of nitrogens with one attached hydrogen (secondary N) is 1. The number of furan rings is 1. The van der Waals surface area contributed by atoms with Gasteiger partial charge in [-0.05, 0) is 87.6 Å². The predicted octanol–water partition coefficient (Wildman–Crippen LogP) is 7.38. The zero-order valence-corrected chi connectivity index (χ0v) is 25.3. The van der Waals surface area contributed by atoms with E-state index >= 15 is 0 Å². The van der Waals surface area contributed by atoms with Crippen molar-refractivity contribution in [2.75, 3.05) is 7.11 Å². The van der Waals surface area contributed by atoms with E-state index in [1.54, 1.807) is 66.2 Å². The Bertz CT molecular complexity index is 1880. The predicted molar refractivity (Wildman–Crippen MR) is 163 cm³/mol. The summed E-state index contributed by atoms with van der Waals surface area (Å²) in [7, 11) is 3.31. The highest BCUT2D eigenvalue weighted by molar-refractivity contribution is 5.95. The smallest absolute Gasteiger partial charge is 0.261 e. The molecule has 1 fully saturated rings. The van der Waals surface area contributed by atoms with Gasteiger partial charge < -0.3 is 28.5 Å². The van der Waals surface area contributed by atoms with Crippen molar-refractivity contribution in [3.05, 3.63) is 87.0 Å². The van der Waals surface area contributed by atoms with Crippen LogP contribution in [0.2, 0.25) is 0 Å². The zero-order valence-electron chi connectivity index (χ0n) is 25.3. The summed E-state index contributed by atoms with van der Waals surface area (Å²) in [5, 5.41) is 11.3. The highest BCUT2D eigenvalue weighted by Crippen LogP contribution is 2.43. The Morgan fingerprint density at radius 2 is 1.86 bits per heavy atom. The number of hydrogen-bond donors (Lipinski definition) is 2. The van der Waals surface area contributed by atoms with Gasteiger partial charge >= 0.3 is 0 Å². The van der Waals surface area contributed by atoms with E-state index in [4.69, 9.17) is 18.9 Å². The molecule has 3 heterocycles. The van der Waals surface area contributed by atoms with E-state index in [9.17, 15) is 14.3 Å². The van der Waals surface area contributed by atoms with Gasteiger partial charge in [0.05, 0.1) is 23.3 Å². The lowest BCUT2D eigenvalue weighted by atomic mass is 9.85. The van der Waals surface area contributed by atoms with Crippen molar-refractivity contribution in [1.29, 1.82) is 0 Å².